The molecule has 0 radical (unpaired) electrons. The number of amides is 1. The molecule has 12 heavy (non-hydrogen) atoms. The topological polar surface area (TPSA) is 49.3 Å². The van der Waals surface area contributed by atoms with Crippen LogP contribution in [0.5, 0.6) is 5.75 Å². The van der Waals surface area contributed by atoms with Crippen molar-refractivity contribution in [2.45, 2.75) is 6.42 Å². The van der Waals surface area contributed by atoms with E-state index in [1.807, 2.05) is 0 Å². The van der Waals surface area contributed by atoms with E-state index >= 15 is 0 Å². The van der Waals surface area contributed by atoms with E-state index in [1.54, 1.807) is 12.1 Å². The molecule has 62 valence electrons. The van der Waals surface area contributed by atoms with Crippen LogP contribution in [0.4, 0.5) is 5.69 Å². The highest BCUT2D eigenvalue weighted by molar-refractivity contribution is 9.10. The van der Waals surface area contributed by atoms with Crippen molar-refractivity contribution in [3.05, 3.63) is 22.2 Å². The zero-order chi connectivity index (χ0) is 8.72. The van der Waals surface area contributed by atoms with Crippen molar-refractivity contribution in [3.8, 4) is 5.75 Å². The molecule has 3 nitrogen and oxygen atoms in total. The summed E-state index contributed by atoms with van der Waals surface area (Å²) in [5.74, 6) is 0.146. The average Bonchev–Trinajstić information content (AvgIpc) is 2.30. The van der Waals surface area contributed by atoms with Crippen LogP contribution in [0, 0.1) is 0 Å². The number of fused-ring (bicyclic) bond motifs is 1. The van der Waals surface area contributed by atoms with Gasteiger partial charge in [0, 0.05) is 5.69 Å². The van der Waals surface area contributed by atoms with Crippen LogP contribution in [0.15, 0.2) is 16.6 Å². The van der Waals surface area contributed by atoms with Gasteiger partial charge in [-0.2, -0.15) is 0 Å². The second-order valence-corrected chi connectivity index (χ2v) is 3.54. The first-order valence-corrected chi connectivity index (χ1v) is 4.27. The maximum Gasteiger partial charge on any atom is 0.228 e. The largest absolute Gasteiger partial charge is 0.507 e. The Morgan fingerprint density at radius 2 is 2.25 bits per heavy atom. The molecule has 2 rings (SSSR count). The van der Waals surface area contributed by atoms with Gasteiger partial charge in [0.25, 0.3) is 0 Å². The summed E-state index contributed by atoms with van der Waals surface area (Å²) in [4.78, 5) is 10.9. The van der Waals surface area contributed by atoms with Crippen LogP contribution in [0.25, 0.3) is 0 Å². The number of aromatic hydroxyl groups is 1. The summed E-state index contributed by atoms with van der Waals surface area (Å²) >= 11 is 3.17. The SMILES string of the molecule is O=C1Cc2cc(O)c(Br)cc2N1. The van der Waals surface area contributed by atoms with Gasteiger partial charge < -0.3 is 10.4 Å². The highest BCUT2D eigenvalue weighted by Crippen LogP contribution is 2.33. The number of nitrogens with one attached hydrogen (secondary N) is 1. The molecule has 1 amide bonds. The molecular weight excluding hydrogens is 222 g/mol. The van der Waals surface area contributed by atoms with Gasteiger partial charge in [0.15, 0.2) is 0 Å². The number of halogens is 1. The first-order valence-electron chi connectivity index (χ1n) is 3.48. The molecule has 2 N–H and O–H groups in total. The molecule has 0 aliphatic carbocycles. The molecule has 1 aliphatic heterocycles. The smallest absolute Gasteiger partial charge is 0.228 e. The van der Waals surface area contributed by atoms with Gasteiger partial charge in [-0.05, 0) is 33.6 Å². The molecule has 0 saturated carbocycles. The van der Waals surface area contributed by atoms with Crippen LogP contribution in [0.1, 0.15) is 5.56 Å². The van der Waals surface area contributed by atoms with Crippen molar-refractivity contribution in [3.63, 3.8) is 0 Å². The van der Waals surface area contributed by atoms with Gasteiger partial charge in [0.05, 0.1) is 10.9 Å². The number of hydrogen-bond acceptors (Lipinski definition) is 2. The van der Waals surface area contributed by atoms with Crippen LogP contribution in [-0.4, -0.2) is 11.0 Å². The van der Waals surface area contributed by atoms with Crippen molar-refractivity contribution in [1.29, 1.82) is 0 Å². The predicted octanol–water partition coefficient (Wildman–Crippen LogP) is 1.65. The first-order chi connectivity index (χ1) is 5.66. The number of phenols is 1. The Kier molecular flexibility index (Phi) is 1.58. The number of phenolic OH excluding ortho intramolecular Hbond substituents is 1. The fraction of sp³-hybridized carbons (Fsp3) is 0.125. The van der Waals surface area contributed by atoms with Gasteiger partial charge >= 0.3 is 0 Å². The van der Waals surface area contributed by atoms with E-state index in [-0.39, 0.29) is 11.7 Å². The van der Waals surface area contributed by atoms with Gasteiger partial charge in [0.2, 0.25) is 5.91 Å². The fourth-order valence-corrected chi connectivity index (χ4v) is 1.58. The Labute approximate surface area is 77.5 Å². The lowest BCUT2D eigenvalue weighted by atomic mass is 10.1. The molecular formula is C8H6BrNO2. The molecule has 4 heteroatoms. The molecule has 0 bridgehead atoms. The van der Waals surface area contributed by atoms with E-state index in [9.17, 15) is 9.90 Å². The first kappa shape index (κ1) is 7.61. The number of anilines is 1. The number of rotatable bonds is 0. The summed E-state index contributed by atoms with van der Waals surface area (Å²) in [6.45, 7) is 0. The van der Waals surface area contributed by atoms with Crippen LogP contribution in [0.2, 0.25) is 0 Å². The second-order valence-electron chi connectivity index (χ2n) is 2.69. The van der Waals surface area contributed by atoms with E-state index in [0.717, 1.165) is 11.3 Å². The minimum absolute atomic E-state index is 0.0255. The summed E-state index contributed by atoms with van der Waals surface area (Å²) in [7, 11) is 0. The predicted molar refractivity (Wildman–Crippen MR) is 48.1 cm³/mol. The van der Waals surface area contributed by atoms with Gasteiger partial charge in [-0.15, -0.1) is 0 Å². The lowest BCUT2D eigenvalue weighted by molar-refractivity contribution is -0.115. The minimum Gasteiger partial charge on any atom is -0.507 e. The Morgan fingerprint density at radius 3 is 3.00 bits per heavy atom. The molecule has 0 unspecified atom stereocenters. The van der Waals surface area contributed by atoms with Gasteiger partial charge in [-0.25, -0.2) is 0 Å². The quantitative estimate of drug-likeness (QED) is 0.663. The average molecular weight is 228 g/mol. The summed E-state index contributed by atoms with van der Waals surface area (Å²) in [5.41, 5.74) is 1.63. The second kappa shape index (κ2) is 2.48. The molecule has 1 heterocycles. The minimum atomic E-state index is -0.0255. The Bertz CT molecular complexity index is 329. The highest BCUT2D eigenvalue weighted by atomic mass is 79.9. The fourth-order valence-electron chi connectivity index (χ4n) is 1.24. The molecule has 0 atom stereocenters. The monoisotopic (exact) mass is 227 g/mol. The maximum absolute atomic E-state index is 10.9. The van der Waals surface area contributed by atoms with Crippen LogP contribution in [-0.2, 0) is 11.2 Å². The van der Waals surface area contributed by atoms with Gasteiger partial charge in [-0.1, -0.05) is 0 Å². The van der Waals surface area contributed by atoms with E-state index in [4.69, 9.17) is 0 Å². The summed E-state index contributed by atoms with van der Waals surface area (Å²) in [6.07, 6.45) is 0.357. The van der Waals surface area contributed by atoms with E-state index in [2.05, 4.69) is 21.2 Å². The number of carbonyl (C=O) groups excluding carboxylic acids is 1. The van der Waals surface area contributed by atoms with Crippen molar-refractivity contribution in [2.24, 2.45) is 0 Å². The molecule has 1 aromatic carbocycles. The standard InChI is InChI=1S/C8H6BrNO2/c9-5-3-6-4(1-7(5)11)2-8(12)10-6/h1,3,11H,2H2,(H,10,12). The zero-order valence-electron chi connectivity index (χ0n) is 6.10. The molecule has 0 spiro atoms. The van der Waals surface area contributed by atoms with Crippen LogP contribution >= 0.6 is 15.9 Å². The Hall–Kier alpha value is -1.03. The van der Waals surface area contributed by atoms with Crippen LogP contribution in [0.3, 0.4) is 0 Å². The van der Waals surface area contributed by atoms with Crippen molar-refractivity contribution < 1.29 is 9.90 Å². The highest BCUT2D eigenvalue weighted by Gasteiger charge is 2.18. The van der Waals surface area contributed by atoms with E-state index in [1.165, 1.54) is 0 Å². The Balaban J connectivity index is 2.55. The normalized spacial score (nSPS) is 14.2. The summed E-state index contributed by atoms with van der Waals surface area (Å²) < 4.78 is 0.600. The Morgan fingerprint density at radius 1 is 1.50 bits per heavy atom. The van der Waals surface area contributed by atoms with E-state index in [0.29, 0.717) is 10.9 Å². The molecule has 0 fully saturated rings. The lowest BCUT2D eigenvalue weighted by Crippen LogP contribution is -2.03. The van der Waals surface area contributed by atoms with Crippen molar-refractivity contribution >= 4 is 27.5 Å². The molecule has 0 saturated heterocycles. The zero-order valence-corrected chi connectivity index (χ0v) is 7.68. The molecule has 1 aliphatic rings. The van der Waals surface area contributed by atoms with Gasteiger partial charge in [-0.3, -0.25) is 4.79 Å². The van der Waals surface area contributed by atoms with Crippen molar-refractivity contribution in [2.75, 3.05) is 5.32 Å². The maximum atomic E-state index is 10.9. The summed E-state index contributed by atoms with van der Waals surface area (Å²) in [5, 5.41) is 12.0. The lowest BCUT2D eigenvalue weighted by Gasteiger charge is -2.00. The van der Waals surface area contributed by atoms with Crippen molar-refractivity contribution in [1.82, 2.24) is 0 Å². The number of carbonyl (C=O) groups is 1. The molecule has 0 aromatic heterocycles. The van der Waals surface area contributed by atoms with Gasteiger partial charge in [0.1, 0.15) is 5.75 Å². The molecule has 1 aromatic rings. The van der Waals surface area contributed by atoms with E-state index < -0.39 is 0 Å². The summed E-state index contributed by atoms with van der Waals surface area (Å²) in [6, 6.07) is 3.30. The number of hydrogen-bond donors (Lipinski definition) is 2. The van der Waals surface area contributed by atoms with Crippen LogP contribution < -0.4 is 5.32 Å². The third kappa shape index (κ3) is 1.08. The third-order valence-electron chi connectivity index (χ3n) is 1.80. The number of benzene rings is 1. The third-order valence-corrected chi connectivity index (χ3v) is 2.43.